The van der Waals surface area contributed by atoms with E-state index in [1.54, 1.807) is 57.1 Å². The summed E-state index contributed by atoms with van der Waals surface area (Å²) in [6, 6.07) is 11.0. The number of nitrogens with zero attached hydrogens (tertiary/aromatic N) is 2. The second-order valence-corrected chi connectivity index (χ2v) is 7.65. The van der Waals surface area contributed by atoms with Gasteiger partial charge in [-0.1, -0.05) is 6.07 Å². The lowest BCUT2D eigenvalue weighted by atomic mass is 10.0. The Morgan fingerprint density at radius 2 is 1.68 bits per heavy atom. The molecule has 0 radical (unpaired) electrons. The van der Waals surface area contributed by atoms with Gasteiger partial charge in [-0.2, -0.15) is 5.10 Å². The van der Waals surface area contributed by atoms with Crippen molar-refractivity contribution in [2.24, 2.45) is 0 Å². The minimum atomic E-state index is -0.942. The Labute approximate surface area is 180 Å². The van der Waals surface area contributed by atoms with Gasteiger partial charge in [0.15, 0.2) is 11.5 Å². The molecular weight excluding hydrogens is 398 g/mol. The molecule has 2 heterocycles. The summed E-state index contributed by atoms with van der Waals surface area (Å²) in [5, 5.41) is 7.36. The quantitative estimate of drug-likeness (QED) is 0.651. The summed E-state index contributed by atoms with van der Waals surface area (Å²) in [4.78, 5) is 13.1. The highest BCUT2D eigenvalue weighted by Crippen LogP contribution is 2.35. The molecule has 0 atom stereocenters. The van der Waals surface area contributed by atoms with Gasteiger partial charge in [0.1, 0.15) is 30.3 Å². The molecule has 1 aromatic heterocycles. The summed E-state index contributed by atoms with van der Waals surface area (Å²) in [5.41, 5.74) is 1.45. The third-order valence-corrected chi connectivity index (χ3v) is 5.20. The van der Waals surface area contributed by atoms with Gasteiger partial charge in [-0.3, -0.25) is 9.48 Å². The highest BCUT2D eigenvalue weighted by atomic mass is 16.6. The van der Waals surface area contributed by atoms with Crippen molar-refractivity contribution in [1.82, 2.24) is 9.78 Å². The number of hydrogen-bond donors (Lipinski definition) is 1. The maximum atomic E-state index is 13.1. The van der Waals surface area contributed by atoms with E-state index in [2.05, 4.69) is 10.4 Å². The van der Waals surface area contributed by atoms with Crippen molar-refractivity contribution in [2.75, 3.05) is 32.8 Å². The Morgan fingerprint density at radius 1 is 1.00 bits per heavy atom. The Kier molecular flexibility index (Phi) is 5.46. The van der Waals surface area contributed by atoms with Crippen LogP contribution in [0.15, 0.2) is 48.8 Å². The number of hydrogen-bond acceptors (Lipinski definition) is 6. The zero-order valence-corrected chi connectivity index (χ0v) is 18.0. The molecule has 0 spiro atoms. The lowest BCUT2D eigenvalue weighted by molar-refractivity contribution is -0.123. The van der Waals surface area contributed by atoms with E-state index in [-0.39, 0.29) is 5.91 Å². The number of amides is 1. The van der Waals surface area contributed by atoms with E-state index in [0.717, 1.165) is 16.9 Å². The third kappa shape index (κ3) is 4.14. The zero-order valence-electron chi connectivity index (χ0n) is 18.0. The van der Waals surface area contributed by atoms with Gasteiger partial charge in [0, 0.05) is 35.6 Å². The summed E-state index contributed by atoms with van der Waals surface area (Å²) < 4.78 is 23.4. The number of carbonyl (C=O) groups excluding carboxylic acids is 1. The predicted octanol–water partition coefficient (Wildman–Crippen LogP) is 3.71. The molecule has 1 aliphatic heterocycles. The average Bonchev–Trinajstić information content (AvgIpc) is 3.29. The lowest BCUT2D eigenvalue weighted by Gasteiger charge is -2.24. The van der Waals surface area contributed by atoms with Crippen molar-refractivity contribution in [3.05, 3.63) is 48.8 Å². The zero-order chi connectivity index (χ0) is 22.0. The summed E-state index contributed by atoms with van der Waals surface area (Å²) in [6.45, 7) is 4.69. The summed E-state index contributed by atoms with van der Waals surface area (Å²) >= 11 is 0. The van der Waals surface area contributed by atoms with Crippen LogP contribution >= 0.6 is 0 Å². The van der Waals surface area contributed by atoms with Crippen LogP contribution in [-0.2, 0) is 10.3 Å². The molecule has 1 N–H and O–H groups in total. The number of nitrogens with one attached hydrogen (secondary N) is 1. The molecule has 1 amide bonds. The van der Waals surface area contributed by atoms with Crippen molar-refractivity contribution in [1.29, 1.82) is 0 Å². The van der Waals surface area contributed by atoms with Gasteiger partial charge in [0.25, 0.3) is 5.91 Å². The van der Waals surface area contributed by atoms with Gasteiger partial charge in [0.2, 0.25) is 0 Å². The van der Waals surface area contributed by atoms with Crippen LogP contribution < -0.4 is 24.3 Å². The molecule has 0 saturated carbocycles. The average molecular weight is 423 g/mol. The first-order valence-electron chi connectivity index (χ1n) is 9.90. The number of fused-ring (bicyclic) bond motifs is 1. The fourth-order valence-electron chi connectivity index (χ4n) is 3.27. The number of aromatic nitrogens is 2. The Hall–Kier alpha value is -3.68. The van der Waals surface area contributed by atoms with E-state index >= 15 is 0 Å². The van der Waals surface area contributed by atoms with Crippen LogP contribution in [0.5, 0.6) is 23.0 Å². The summed E-state index contributed by atoms with van der Waals surface area (Å²) in [7, 11) is 3.13. The number of carbonyl (C=O) groups is 1. The largest absolute Gasteiger partial charge is 0.497 e. The molecule has 0 unspecified atom stereocenters. The van der Waals surface area contributed by atoms with Crippen molar-refractivity contribution < 1.29 is 23.7 Å². The van der Waals surface area contributed by atoms with Gasteiger partial charge >= 0.3 is 0 Å². The van der Waals surface area contributed by atoms with E-state index in [0.29, 0.717) is 36.1 Å². The molecule has 0 aliphatic carbocycles. The van der Waals surface area contributed by atoms with Crippen LogP contribution in [0.2, 0.25) is 0 Å². The van der Waals surface area contributed by atoms with Crippen LogP contribution in [0, 0.1) is 0 Å². The topological polar surface area (TPSA) is 83.8 Å². The summed E-state index contributed by atoms with van der Waals surface area (Å²) in [6.07, 6.45) is 3.58. The van der Waals surface area contributed by atoms with Gasteiger partial charge in [-0.25, -0.2) is 0 Å². The van der Waals surface area contributed by atoms with Crippen LogP contribution in [0.3, 0.4) is 0 Å². The minimum absolute atomic E-state index is 0.223. The SMILES string of the molecule is COc1cc(NC(=O)C(C)(C)n2cc(-c3ccc4c(c3)OCCO4)cn2)cc(OC)c1. The molecule has 0 fully saturated rings. The van der Waals surface area contributed by atoms with Gasteiger partial charge in [0.05, 0.1) is 20.4 Å². The molecule has 8 heteroatoms. The van der Waals surface area contributed by atoms with E-state index in [1.807, 2.05) is 24.4 Å². The number of rotatable bonds is 6. The van der Waals surface area contributed by atoms with Crippen LogP contribution in [-0.4, -0.2) is 43.1 Å². The van der Waals surface area contributed by atoms with Crippen molar-refractivity contribution in [2.45, 2.75) is 19.4 Å². The number of anilines is 1. The monoisotopic (exact) mass is 423 g/mol. The van der Waals surface area contributed by atoms with E-state index in [9.17, 15) is 4.79 Å². The van der Waals surface area contributed by atoms with Crippen molar-refractivity contribution in [3.63, 3.8) is 0 Å². The van der Waals surface area contributed by atoms with Gasteiger partial charge in [-0.05, 0) is 31.5 Å². The van der Waals surface area contributed by atoms with E-state index in [4.69, 9.17) is 18.9 Å². The first-order valence-corrected chi connectivity index (χ1v) is 9.90. The van der Waals surface area contributed by atoms with E-state index in [1.165, 1.54) is 0 Å². The Morgan fingerprint density at radius 3 is 2.35 bits per heavy atom. The van der Waals surface area contributed by atoms with E-state index < -0.39 is 5.54 Å². The molecule has 8 nitrogen and oxygen atoms in total. The van der Waals surface area contributed by atoms with Crippen molar-refractivity contribution >= 4 is 11.6 Å². The molecule has 0 saturated heterocycles. The molecule has 2 aromatic carbocycles. The number of ether oxygens (including phenoxy) is 4. The molecule has 31 heavy (non-hydrogen) atoms. The highest BCUT2D eigenvalue weighted by Gasteiger charge is 2.31. The fraction of sp³-hybridized carbons (Fsp3) is 0.304. The maximum Gasteiger partial charge on any atom is 0.251 e. The number of benzene rings is 2. The second-order valence-electron chi connectivity index (χ2n) is 7.65. The molecule has 3 aromatic rings. The lowest BCUT2D eigenvalue weighted by Crippen LogP contribution is -2.40. The Balaban J connectivity index is 1.55. The van der Waals surface area contributed by atoms with Gasteiger partial charge in [-0.15, -0.1) is 0 Å². The smallest absolute Gasteiger partial charge is 0.251 e. The summed E-state index contributed by atoms with van der Waals surface area (Å²) in [5.74, 6) is 2.40. The molecule has 162 valence electrons. The van der Waals surface area contributed by atoms with Gasteiger partial charge < -0.3 is 24.3 Å². The standard InChI is InChI=1S/C23H25N3O5/c1-23(2,22(27)25-17-10-18(28-3)12-19(11-17)29-4)26-14-16(13-24-26)15-5-6-20-21(9-15)31-8-7-30-20/h5-6,9-14H,7-8H2,1-4H3,(H,25,27). The Bertz CT molecular complexity index is 1080. The highest BCUT2D eigenvalue weighted by molar-refractivity contribution is 5.96. The maximum absolute atomic E-state index is 13.1. The normalized spacial score (nSPS) is 12.9. The number of methoxy groups -OCH3 is 2. The van der Waals surface area contributed by atoms with Crippen molar-refractivity contribution in [3.8, 4) is 34.1 Å². The van der Waals surface area contributed by atoms with Crippen LogP contribution in [0.25, 0.3) is 11.1 Å². The molecule has 4 rings (SSSR count). The first kappa shape index (κ1) is 20.6. The molecular formula is C23H25N3O5. The van der Waals surface area contributed by atoms with Crippen LogP contribution in [0.1, 0.15) is 13.8 Å². The second kappa shape index (κ2) is 8.22. The third-order valence-electron chi connectivity index (χ3n) is 5.20. The molecule has 1 aliphatic rings. The van der Waals surface area contributed by atoms with Crippen LogP contribution in [0.4, 0.5) is 5.69 Å². The first-order chi connectivity index (χ1) is 14.9. The minimum Gasteiger partial charge on any atom is -0.497 e. The fourth-order valence-corrected chi connectivity index (χ4v) is 3.27. The molecule has 0 bridgehead atoms. The predicted molar refractivity (Wildman–Crippen MR) is 116 cm³/mol.